The number of rotatable bonds is 6. The summed E-state index contributed by atoms with van der Waals surface area (Å²) in [6.45, 7) is 1.76. The predicted octanol–water partition coefficient (Wildman–Crippen LogP) is 2.35. The summed E-state index contributed by atoms with van der Waals surface area (Å²) in [5.74, 6) is -1.81. The average Bonchev–Trinajstić information content (AvgIpc) is 3.34. The summed E-state index contributed by atoms with van der Waals surface area (Å²) < 4.78 is 5.49. The third kappa shape index (κ3) is 4.05. The van der Waals surface area contributed by atoms with Crippen molar-refractivity contribution in [3.05, 3.63) is 59.7 Å². The van der Waals surface area contributed by atoms with Crippen molar-refractivity contribution in [2.24, 2.45) is 0 Å². The maximum absolute atomic E-state index is 12.8. The molecule has 4 rings (SSSR count). The van der Waals surface area contributed by atoms with E-state index in [1.54, 1.807) is 6.92 Å². The van der Waals surface area contributed by atoms with E-state index in [0.717, 1.165) is 27.2 Å². The Labute approximate surface area is 185 Å². The fraction of sp³-hybridized carbons (Fsp3) is 0.375. The van der Waals surface area contributed by atoms with Gasteiger partial charge in [-0.15, -0.1) is 0 Å². The summed E-state index contributed by atoms with van der Waals surface area (Å²) in [5, 5.41) is 21.7. The number of nitrogens with one attached hydrogen (secondary N) is 1. The lowest BCUT2D eigenvalue weighted by Crippen LogP contribution is -2.51. The molecule has 1 heterocycles. The molecule has 0 spiro atoms. The number of nitrogens with zero attached hydrogens (tertiary/aromatic N) is 1. The SMILES string of the molecule is CC[C@H](NC(=O)OCC1c2ccccc2-c2ccccc21)C(=O)N1C[C@H](O)C[C@H]1C(=O)O. The Morgan fingerprint density at radius 1 is 1.09 bits per heavy atom. The second kappa shape index (κ2) is 9.00. The normalized spacial score (nSPS) is 20.4. The van der Waals surface area contributed by atoms with Crippen LogP contribution in [0.1, 0.15) is 36.8 Å². The summed E-state index contributed by atoms with van der Waals surface area (Å²) in [6, 6.07) is 13.9. The van der Waals surface area contributed by atoms with Crippen LogP contribution in [0.4, 0.5) is 4.79 Å². The van der Waals surface area contributed by atoms with Gasteiger partial charge >= 0.3 is 12.1 Å². The molecule has 8 heteroatoms. The molecule has 2 aromatic carbocycles. The van der Waals surface area contributed by atoms with Gasteiger partial charge in [0.15, 0.2) is 0 Å². The van der Waals surface area contributed by atoms with Gasteiger partial charge in [0, 0.05) is 18.9 Å². The number of hydrogen-bond acceptors (Lipinski definition) is 5. The largest absolute Gasteiger partial charge is 0.480 e. The van der Waals surface area contributed by atoms with Gasteiger partial charge in [0.2, 0.25) is 5.91 Å². The lowest BCUT2D eigenvalue weighted by molar-refractivity contribution is -0.149. The van der Waals surface area contributed by atoms with Crippen LogP contribution in [0.3, 0.4) is 0 Å². The smallest absolute Gasteiger partial charge is 0.407 e. The first kappa shape index (κ1) is 21.8. The number of ether oxygens (including phenoxy) is 1. The van der Waals surface area contributed by atoms with Crippen molar-refractivity contribution in [1.29, 1.82) is 0 Å². The quantitative estimate of drug-likeness (QED) is 0.638. The Morgan fingerprint density at radius 3 is 2.25 bits per heavy atom. The number of benzene rings is 2. The monoisotopic (exact) mass is 438 g/mol. The molecular weight excluding hydrogens is 412 g/mol. The van der Waals surface area contributed by atoms with E-state index in [9.17, 15) is 24.6 Å². The van der Waals surface area contributed by atoms with Crippen LogP contribution in [-0.4, -0.2) is 64.4 Å². The minimum absolute atomic E-state index is 0.0253. The minimum Gasteiger partial charge on any atom is -0.480 e. The molecule has 2 amide bonds. The molecule has 32 heavy (non-hydrogen) atoms. The van der Waals surface area contributed by atoms with E-state index in [-0.39, 0.29) is 31.9 Å². The van der Waals surface area contributed by atoms with Gasteiger partial charge < -0.3 is 25.2 Å². The van der Waals surface area contributed by atoms with Crippen LogP contribution >= 0.6 is 0 Å². The number of carbonyl (C=O) groups excluding carboxylic acids is 2. The molecule has 1 aliphatic heterocycles. The molecule has 0 unspecified atom stereocenters. The number of aliphatic carboxylic acids is 1. The van der Waals surface area contributed by atoms with Crippen LogP contribution in [0.15, 0.2) is 48.5 Å². The number of fused-ring (bicyclic) bond motifs is 3. The van der Waals surface area contributed by atoms with Crippen LogP contribution in [0.5, 0.6) is 0 Å². The lowest BCUT2D eigenvalue weighted by atomic mass is 9.98. The van der Waals surface area contributed by atoms with Crippen molar-refractivity contribution in [1.82, 2.24) is 10.2 Å². The lowest BCUT2D eigenvalue weighted by Gasteiger charge is -2.26. The van der Waals surface area contributed by atoms with Crippen molar-refractivity contribution in [3.63, 3.8) is 0 Å². The Balaban J connectivity index is 1.41. The fourth-order valence-corrected chi connectivity index (χ4v) is 4.61. The summed E-state index contributed by atoms with van der Waals surface area (Å²) in [7, 11) is 0. The maximum atomic E-state index is 12.8. The molecule has 3 atom stereocenters. The van der Waals surface area contributed by atoms with E-state index in [0.29, 0.717) is 0 Å². The zero-order valence-corrected chi connectivity index (χ0v) is 17.7. The Hall–Kier alpha value is -3.39. The molecule has 1 fully saturated rings. The third-order valence-corrected chi connectivity index (χ3v) is 6.19. The maximum Gasteiger partial charge on any atom is 0.407 e. The zero-order chi connectivity index (χ0) is 22.8. The van der Waals surface area contributed by atoms with E-state index in [1.807, 2.05) is 48.5 Å². The number of carbonyl (C=O) groups is 3. The molecule has 8 nitrogen and oxygen atoms in total. The first-order valence-electron chi connectivity index (χ1n) is 10.7. The Morgan fingerprint density at radius 2 is 1.69 bits per heavy atom. The van der Waals surface area contributed by atoms with Crippen LogP contribution in [0, 0.1) is 0 Å². The number of β-amino-alcohol motifs (C(OH)–C–C–N with tert-alkyl or cyclic N) is 1. The molecule has 3 N–H and O–H groups in total. The van der Waals surface area contributed by atoms with Gasteiger partial charge in [-0.2, -0.15) is 0 Å². The summed E-state index contributed by atoms with van der Waals surface area (Å²) in [5.41, 5.74) is 4.40. The van der Waals surface area contributed by atoms with E-state index in [4.69, 9.17) is 4.74 Å². The number of amides is 2. The van der Waals surface area contributed by atoms with Crippen molar-refractivity contribution in [2.75, 3.05) is 13.2 Å². The van der Waals surface area contributed by atoms with E-state index in [1.165, 1.54) is 0 Å². The summed E-state index contributed by atoms with van der Waals surface area (Å²) >= 11 is 0. The first-order chi connectivity index (χ1) is 15.4. The molecule has 0 aromatic heterocycles. The number of aliphatic hydroxyl groups excluding tert-OH is 1. The Kier molecular flexibility index (Phi) is 6.14. The number of likely N-dealkylation sites (tertiary alicyclic amines) is 1. The average molecular weight is 438 g/mol. The standard InChI is InChI=1S/C24H26N2O6/c1-2-20(22(28)26-12-14(27)11-21(26)23(29)30)25-24(31)32-13-19-17-9-5-3-7-15(17)16-8-4-6-10-18(16)19/h3-10,14,19-21,27H,2,11-13H2,1H3,(H,25,31)(H,29,30)/t14-,20+,21+/m1/s1. The van der Waals surface area contributed by atoms with E-state index in [2.05, 4.69) is 5.32 Å². The molecule has 2 aliphatic rings. The molecule has 0 saturated carbocycles. The highest BCUT2D eigenvalue weighted by molar-refractivity contribution is 5.90. The molecular formula is C24H26N2O6. The molecule has 1 aliphatic carbocycles. The van der Waals surface area contributed by atoms with Gasteiger partial charge in [-0.25, -0.2) is 9.59 Å². The van der Waals surface area contributed by atoms with Crippen molar-refractivity contribution in [2.45, 2.75) is 43.9 Å². The van der Waals surface area contributed by atoms with Crippen LogP contribution in [-0.2, 0) is 14.3 Å². The van der Waals surface area contributed by atoms with Gasteiger partial charge in [-0.3, -0.25) is 4.79 Å². The van der Waals surface area contributed by atoms with Crippen LogP contribution in [0.25, 0.3) is 11.1 Å². The van der Waals surface area contributed by atoms with E-state index < -0.39 is 36.2 Å². The molecule has 0 radical (unpaired) electrons. The molecule has 0 bridgehead atoms. The molecule has 2 aromatic rings. The highest BCUT2D eigenvalue weighted by Gasteiger charge is 2.41. The van der Waals surface area contributed by atoms with Crippen LogP contribution < -0.4 is 5.32 Å². The fourth-order valence-electron chi connectivity index (χ4n) is 4.61. The zero-order valence-electron chi connectivity index (χ0n) is 17.7. The minimum atomic E-state index is -1.18. The highest BCUT2D eigenvalue weighted by atomic mass is 16.5. The number of hydrogen-bond donors (Lipinski definition) is 3. The van der Waals surface area contributed by atoms with Crippen molar-refractivity contribution in [3.8, 4) is 11.1 Å². The molecule has 1 saturated heterocycles. The number of aliphatic hydroxyl groups is 1. The number of carboxylic acids is 1. The van der Waals surface area contributed by atoms with E-state index >= 15 is 0 Å². The second-order valence-electron chi connectivity index (χ2n) is 8.16. The van der Waals surface area contributed by atoms with Gasteiger partial charge in [0.1, 0.15) is 18.7 Å². The highest BCUT2D eigenvalue weighted by Crippen LogP contribution is 2.44. The molecule has 168 valence electrons. The van der Waals surface area contributed by atoms with Crippen LogP contribution in [0.2, 0.25) is 0 Å². The van der Waals surface area contributed by atoms with Gasteiger partial charge in [-0.1, -0.05) is 55.5 Å². The van der Waals surface area contributed by atoms with Crippen molar-refractivity contribution >= 4 is 18.0 Å². The third-order valence-electron chi connectivity index (χ3n) is 6.19. The first-order valence-corrected chi connectivity index (χ1v) is 10.7. The van der Waals surface area contributed by atoms with Gasteiger partial charge in [-0.05, 0) is 28.7 Å². The second-order valence-corrected chi connectivity index (χ2v) is 8.16. The summed E-state index contributed by atoms with van der Waals surface area (Å²) in [4.78, 5) is 37.9. The number of carboxylic acid groups (broad SMARTS) is 1. The van der Waals surface area contributed by atoms with Gasteiger partial charge in [0.25, 0.3) is 0 Å². The topological polar surface area (TPSA) is 116 Å². The Bertz CT molecular complexity index is 993. The summed E-state index contributed by atoms with van der Waals surface area (Å²) in [6.07, 6.45) is -1.39. The van der Waals surface area contributed by atoms with Crippen molar-refractivity contribution < 1.29 is 29.3 Å². The number of alkyl carbamates (subject to hydrolysis) is 1. The van der Waals surface area contributed by atoms with Gasteiger partial charge in [0.05, 0.1) is 6.10 Å². The predicted molar refractivity (Wildman–Crippen MR) is 116 cm³/mol.